The Labute approximate surface area is 225 Å². The third-order valence-corrected chi connectivity index (χ3v) is 6.98. The number of amides is 1. The minimum absolute atomic E-state index is 0.121. The van der Waals surface area contributed by atoms with Gasteiger partial charge in [0, 0.05) is 61.0 Å². The third kappa shape index (κ3) is 4.96. The van der Waals surface area contributed by atoms with Crippen molar-refractivity contribution in [2.24, 2.45) is 0 Å². The van der Waals surface area contributed by atoms with Gasteiger partial charge in [-0.05, 0) is 60.2 Å². The molecule has 194 valence electrons. The number of anilines is 3. The second kappa shape index (κ2) is 10.4. The highest BCUT2D eigenvalue weighted by atomic mass is 19.1. The summed E-state index contributed by atoms with van der Waals surface area (Å²) in [4.78, 5) is 35.5. The van der Waals surface area contributed by atoms with Crippen LogP contribution in [0.3, 0.4) is 0 Å². The van der Waals surface area contributed by atoms with Crippen molar-refractivity contribution in [2.45, 2.75) is 0 Å². The monoisotopic (exact) mass is 519 g/mol. The van der Waals surface area contributed by atoms with Crippen LogP contribution in [0.1, 0.15) is 10.5 Å². The molecule has 0 unspecified atom stereocenters. The van der Waals surface area contributed by atoms with Gasteiger partial charge in [0.2, 0.25) is 0 Å². The largest absolute Gasteiger partial charge is 0.368 e. The van der Waals surface area contributed by atoms with E-state index in [4.69, 9.17) is 0 Å². The van der Waals surface area contributed by atoms with Gasteiger partial charge in [0.25, 0.3) is 11.7 Å². The van der Waals surface area contributed by atoms with Gasteiger partial charge in [-0.15, -0.1) is 0 Å². The maximum atomic E-state index is 14.1. The molecule has 0 bridgehead atoms. The number of fused-ring (bicyclic) bond motifs is 1. The van der Waals surface area contributed by atoms with Crippen molar-refractivity contribution in [1.82, 2.24) is 9.38 Å². The molecule has 0 radical (unpaired) electrons. The summed E-state index contributed by atoms with van der Waals surface area (Å²) in [5.41, 5.74) is 3.64. The van der Waals surface area contributed by atoms with Gasteiger partial charge in [-0.25, -0.2) is 9.37 Å². The quantitative estimate of drug-likeness (QED) is 0.244. The van der Waals surface area contributed by atoms with E-state index in [-0.39, 0.29) is 5.69 Å². The van der Waals surface area contributed by atoms with E-state index in [1.54, 1.807) is 30.5 Å². The molecule has 6 rings (SSSR count). The van der Waals surface area contributed by atoms with E-state index in [1.807, 2.05) is 60.7 Å². The minimum Gasteiger partial charge on any atom is -0.368 e. The smallest absolute Gasteiger partial charge is 0.298 e. The van der Waals surface area contributed by atoms with Crippen molar-refractivity contribution < 1.29 is 14.0 Å². The molecule has 3 aromatic heterocycles. The predicted octanol–water partition coefficient (Wildman–Crippen LogP) is 5.29. The number of nitrogens with one attached hydrogen (secondary N) is 1. The lowest BCUT2D eigenvalue weighted by molar-refractivity contribution is -0.112. The van der Waals surface area contributed by atoms with Gasteiger partial charge >= 0.3 is 0 Å². The Morgan fingerprint density at radius 3 is 2.23 bits per heavy atom. The van der Waals surface area contributed by atoms with Gasteiger partial charge in [0.1, 0.15) is 17.3 Å². The number of halogens is 1. The molecule has 1 saturated heterocycles. The Kier molecular flexibility index (Phi) is 6.50. The van der Waals surface area contributed by atoms with E-state index < -0.39 is 17.5 Å². The minimum atomic E-state index is -0.784. The zero-order chi connectivity index (χ0) is 26.8. The highest BCUT2D eigenvalue weighted by Gasteiger charge is 2.25. The zero-order valence-electron chi connectivity index (χ0n) is 21.1. The van der Waals surface area contributed by atoms with Crippen LogP contribution in [-0.4, -0.2) is 47.3 Å². The number of carbonyl (C=O) groups is 2. The molecule has 0 aliphatic carbocycles. The summed E-state index contributed by atoms with van der Waals surface area (Å²) in [6.07, 6.45) is 3.03. The lowest BCUT2D eigenvalue weighted by atomic mass is 10.0. The number of ketones is 1. The first-order valence-electron chi connectivity index (χ1n) is 12.8. The fourth-order valence-corrected chi connectivity index (χ4v) is 5.00. The molecule has 0 spiro atoms. The van der Waals surface area contributed by atoms with E-state index in [1.165, 1.54) is 16.7 Å². The number of hydrogen-bond donors (Lipinski definition) is 1. The Hall–Kier alpha value is -4.98. The molecule has 0 atom stereocenters. The molecule has 39 heavy (non-hydrogen) atoms. The summed E-state index contributed by atoms with van der Waals surface area (Å²) in [6, 6.07) is 27.4. The second-order valence-corrected chi connectivity index (χ2v) is 9.41. The van der Waals surface area contributed by atoms with Crippen LogP contribution in [-0.2, 0) is 4.79 Å². The summed E-state index contributed by atoms with van der Waals surface area (Å²) in [5, 5.41) is 2.72. The van der Waals surface area contributed by atoms with Gasteiger partial charge in [-0.1, -0.05) is 36.4 Å². The van der Waals surface area contributed by atoms with Crippen molar-refractivity contribution in [3.8, 4) is 11.1 Å². The fraction of sp³-hybridized carbons (Fsp3) is 0.129. The highest BCUT2D eigenvalue weighted by Crippen LogP contribution is 2.29. The topological polar surface area (TPSA) is 70.0 Å². The van der Waals surface area contributed by atoms with E-state index >= 15 is 0 Å². The van der Waals surface area contributed by atoms with Crippen LogP contribution in [0.4, 0.5) is 21.6 Å². The molecule has 1 amide bonds. The number of hydrogen-bond acceptors (Lipinski definition) is 5. The molecule has 1 fully saturated rings. The molecule has 4 heterocycles. The van der Waals surface area contributed by atoms with Gasteiger partial charge in [0.05, 0.1) is 0 Å². The first kappa shape index (κ1) is 24.4. The zero-order valence-corrected chi connectivity index (χ0v) is 21.1. The number of aromatic nitrogens is 2. The van der Waals surface area contributed by atoms with Gasteiger partial charge in [-0.2, -0.15) is 0 Å². The maximum absolute atomic E-state index is 14.1. The summed E-state index contributed by atoms with van der Waals surface area (Å²) < 4.78 is 15.5. The molecule has 1 aliphatic rings. The van der Waals surface area contributed by atoms with Crippen LogP contribution in [0.25, 0.3) is 16.6 Å². The van der Waals surface area contributed by atoms with Crippen molar-refractivity contribution >= 4 is 34.4 Å². The Morgan fingerprint density at radius 1 is 0.795 bits per heavy atom. The summed E-state index contributed by atoms with van der Waals surface area (Å²) >= 11 is 0. The number of carbonyl (C=O) groups excluding carboxylic acids is 2. The Morgan fingerprint density at radius 2 is 1.51 bits per heavy atom. The molecule has 2 aromatic carbocycles. The van der Waals surface area contributed by atoms with Crippen molar-refractivity contribution in [1.29, 1.82) is 0 Å². The SMILES string of the molecule is O=C(Nc1ccc(N2CCN(c3ccccn3)CC2)cc1)C(=O)c1c(-c2ccccc2)cc2ccc(F)cn12. The summed E-state index contributed by atoms with van der Waals surface area (Å²) in [7, 11) is 0. The number of nitrogens with zero attached hydrogens (tertiary/aromatic N) is 4. The van der Waals surface area contributed by atoms with Gasteiger partial charge in [-0.3, -0.25) is 9.59 Å². The average Bonchev–Trinajstić information content (AvgIpc) is 3.37. The molecular weight excluding hydrogens is 493 g/mol. The standard InChI is InChI=1S/C31H26FN5O2/c32-23-9-12-26-20-27(22-6-2-1-3-7-22)29(37(26)21-23)30(38)31(39)34-24-10-13-25(14-11-24)35-16-18-36(19-17-35)28-8-4-5-15-33-28/h1-15,20-21H,16-19H2,(H,34,39). The molecule has 0 saturated carbocycles. The summed E-state index contributed by atoms with van der Waals surface area (Å²) in [5.74, 6) is -1.04. The van der Waals surface area contributed by atoms with E-state index in [2.05, 4.69) is 20.1 Å². The lowest BCUT2D eigenvalue weighted by Crippen LogP contribution is -2.46. The normalized spacial score (nSPS) is 13.5. The van der Waals surface area contributed by atoms with Crippen LogP contribution in [0.15, 0.2) is 103 Å². The second-order valence-electron chi connectivity index (χ2n) is 9.41. The molecule has 7 nitrogen and oxygen atoms in total. The number of rotatable bonds is 6. The van der Waals surface area contributed by atoms with Crippen molar-refractivity contribution in [3.05, 3.63) is 115 Å². The fourth-order valence-electron chi connectivity index (χ4n) is 5.00. The van der Waals surface area contributed by atoms with Gasteiger partial charge < -0.3 is 19.5 Å². The average molecular weight is 520 g/mol. The van der Waals surface area contributed by atoms with Crippen LogP contribution >= 0.6 is 0 Å². The predicted molar refractivity (Wildman–Crippen MR) is 151 cm³/mol. The molecule has 5 aromatic rings. The number of piperazine rings is 1. The van der Waals surface area contributed by atoms with Crippen LogP contribution < -0.4 is 15.1 Å². The lowest BCUT2D eigenvalue weighted by Gasteiger charge is -2.36. The van der Waals surface area contributed by atoms with Crippen LogP contribution in [0, 0.1) is 5.82 Å². The van der Waals surface area contributed by atoms with Crippen LogP contribution in [0.2, 0.25) is 0 Å². The van der Waals surface area contributed by atoms with Crippen molar-refractivity contribution in [3.63, 3.8) is 0 Å². The molecular formula is C31H26FN5O2. The van der Waals surface area contributed by atoms with E-state index in [0.29, 0.717) is 16.8 Å². The first-order chi connectivity index (χ1) is 19.1. The molecule has 1 N–H and O–H groups in total. The Bertz CT molecular complexity index is 1630. The number of benzene rings is 2. The highest BCUT2D eigenvalue weighted by molar-refractivity contribution is 6.47. The Balaban J connectivity index is 1.17. The van der Waals surface area contributed by atoms with Crippen molar-refractivity contribution in [2.75, 3.05) is 41.3 Å². The van der Waals surface area contributed by atoms with Crippen LogP contribution in [0.5, 0.6) is 0 Å². The first-order valence-corrected chi connectivity index (χ1v) is 12.8. The number of Topliss-reactive ketones (excluding diaryl/α,β-unsaturated/α-hetero) is 1. The third-order valence-electron chi connectivity index (χ3n) is 6.98. The molecule has 8 heteroatoms. The number of pyridine rings is 2. The van der Waals surface area contributed by atoms with E-state index in [9.17, 15) is 14.0 Å². The maximum Gasteiger partial charge on any atom is 0.298 e. The molecule has 1 aliphatic heterocycles. The van der Waals surface area contributed by atoms with E-state index in [0.717, 1.165) is 43.2 Å². The summed E-state index contributed by atoms with van der Waals surface area (Å²) in [6.45, 7) is 3.42. The van der Waals surface area contributed by atoms with Gasteiger partial charge in [0.15, 0.2) is 0 Å².